The van der Waals surface area contributed by atoms with Crippen LogP contribution < -0.4 is 10.1 Å². The molecule has 0 saturated carbocycles. The highest BCUT2D eigenvalue weighted by atomic mass is 35.5. The van der Waals surface area contributed by atoms with Gasteiger partial charge >= 0.3 is 0 Å². The predicted octanol–water partition coefficient (Wildman–Crippen LogP) is 4.78. The number of hydrogen-bond acceptors (Lipinski definition) is 2. The summed E-state index contributed by atoms with van der Waals surface area (Å²) < 4.78 is 18.5. The molecule has 122 valence electrons. The normalized spacial score (nSPS) is 13.3. The molecule has 1 unspecified atom stereocenters. The summed E-state index contributed by atoms with van der Waals surface area (Å²) in [6.07, 6.45) is -0.739. The predicted molar refractivity (Wildman–Crippen MR) is 89.5 cm³/mol. The number of nitrogens with one attached hydrogen (secondary N) is 1. The highest BCUT2D eigenvalue weighted by Crippen LogP contribution is 2.28. The molecule has 2 aromatic rings. The zero-order chi connectivity index (χ0) is 17.0. The third-order valence-electron chi connectivity index (χ3n) is 3.30. The van der Waals surface area contributed by atoms with Crippen molar-refractivity contribution in [1.29, 1.82) is 0 Å². The van der Waals surface area contributed by atoms with Gasteiger partial charge in [0.2, 0.25) is 0 Å². The Morgan fingerprint density at radius 3 is 2.39 bits per heavy atom. The first-order valence-electron chi connectivity index (χ1n) is 7.04. The lowest BCUT2D eigenvalue weighted by Crippen LogP contribution is -2.37. The van der Waals surface area contributed by atoms with Crippen molar-refractivity contribution in [3.8, 4) is 5.75 Å². The molecule has 3 nitrogen and oxygen atoms in total. The zero-order valence-electron chi connectivity index (χ0n) is 12.6. The minimum atomic E-state index is -0.739. The molecule has 2 aromatic carbocycles. The highest BCUT2D eigenvalue weighted by molar-refractivity contribution is 6.35. The molecule has 0 bridgehead atoms. The number of hydrogen-bond donors (Lipinski definition) is 1. The Morgan fingerprint density at radius 1 is 1.13 bits per heavy atom. The molecule has 0 radical (unpaired) electrons. The number of amides is 1. The van der Waals surface area contributed by atoms with E-state index in [1.807, 2.05) is 6.92 Å². The monoisotopic (exact) mass is 355 g/mol. The Hall–Kier alpha value is -1.78. The number of ether oxygens (including phenoxy) is 1. The summed E-state index contributed by atoms with van der Waals surface area (Å²) in [6, 6.07) is 10.5. The van der Waals surface area contributed by atoms with Gasteiger partial charge in [0, 0.05) is 5.02 Å². The van der Waals surface area contributed by atoms with Crippen molar-refractivity contribution in [2.24, 2.45) is 0 Å². The fourth-order valence-electron chi connectivity index (χ4n) is 1.98. The molecular formula is C17H16Cl2FNO2. The number of benzene rings is 2. The van der Waals surface area contributed by atoms with Crippen LogP contribution in [0.15, 0.2) is 42.5 Å². The van der Waals surface area contributed by atoms with Crippen molar-refractivity contribution in [3.63, 3.8) is 0 Å². The van der Waals surface area contributed by atoms with Crippen LogP contribution in [0, 0.1) is 5.82 Å². The fraction of sp³-hybridized carbons (Fsp3) is 0.235. The van der Waals surface area contributed by atoms with Crippen LogP contribution in [0.4, 0.5) is 4.39 Å². The van der Waals surface area contributed by atoms with E-state index in [2.05, 4.69) is 5.32 Å². The van der Waals surface area contributed by atoms with Crippen LogP contribution in [0.3, 0.4) is 0 Å². The van der Waals surface area contributed by atoms with Crippen molar-refractivity contribution >= 4 is 29.1 Å². The van der Waals surface area contributed by atoms with Crippen molar-refractivity contribution < 1.29 is 13.9 Å². The first-order chi connectivity index (χ1) is 10.9. The Kier molecular flexibility index (Phi) is 5.85. The van der Waals surface area contributed by atoms with Gasteiger partial charge in [0.1, 0.15) is 11.6 Å². The van der Waals surface area contributed by atoms with Crippen molar-refractivity contribution in [2.45, 2.75) is 26.0 Å². The maximum Gasteiger partial charge on any atom is 0.261 e. The maximum atomic E-state index is 12.9. The van der Waals surface area contributed by atoms with Gasteiger partial charge in [-0.15, -0.1) is 0 Å². The SMILES string of the molecule is CC(Oc1ccc(Cl)cc1Cl)C(=O)N[C@H](C)c1ccc(F)cc1. The molecule has 1 N–H and O–H groups in total. The average Bonchev–Trinajstić information content (AvgIpc) is 2.50. The Bertz CT molecular complexity index is 691. The standard InChI is InChI=1S/C17H16Cl2FNO2/c1-10(12-3-6-14(20)7-4-12)21-17(22)11(2)23-16-8-5-13(18)9-15(16)19/h3-11H,1-2H3,(H,21,22)/t10-,11?/m1/s1. The second kappa shape index (κ2) is 7.66. The van der Waals surface area contributed by atoms with Gasteiger partial charge in [-0.25, -0.2) is 4.39 Å². The molecule has 0 aliphatic rings. The quantitative estimate of drug-likeness (QED) is 0.838. The van der Waals surface area contributed by atoms with E-state index in [0.29, 0.717) is 15.8 Å². The average molecular weight is 356 g/mol. The van der Waals surface area contributed by atoms with Crippen LogP contribution in [0.25, 0.3) is 0 Å². The summed E-state index contributed by atoms with van der Waals surface area (Å²) in [5.74, 6) is -0.234. The molecule has 1 amide bonds. The summed E-state index contributed by atoms with van der Waals surface area (Å²) in [6.45, 7) is 3.44. The number of rotatable bonds is 5. The molecule has 6 heteroatoms. The summed E-state index contributed by atoms with van der Waals surface area (Å²) in [7, 11) is 0. The van der Waals surface area contributed by atoms with E-state index >= 15 is 0 Å². The Labute approximate surface area is 144 Å². The molecule has 0 aromatic heterocycles. The van der Waals surface area contributed by atoms with Gasteiger partial charge in [0.15, 0.2) is 6.10 Å². The molecule has 0 aliphatic carbocycles. The van der Waals surface area contributed by atoms with Crippen LogP contribution in [0.1, 0.15) is 25.5 Å². The van der Waals surface area contributed by atoms with E-state index in [0.717, 1.165) is 5.56 Å². The summed E-state index contributed by atoms with van der Waals surface area (Å²) in [4.78, 5) is 12.2. The molecule has 0 heterocycles. The van der Waals surface area contributed by atoms with E-state index < -0.39 is 6.10 Å². The summed E-state index contributed by atoms with van der Waals surface area (Å²) in [5.41, 5.74) is 0.802. The lowest BCUT2D eigenvalue weighted by Gasteiger charge is -2.19. The molecule has 23 heavy (non-hydrogen) atoms. The maximum absolute atomic E-state index is 12.9. The highest BCUT2D eigenvalue weighted by Gasteiger charge is 2.18. The van der Waals surface area contributed by atoms with Gasteiger partial charge in [0.05, 0.1) is 11.1 Å². The van der Waals surface area contributed by atoms with Crippen LogP contribution in [0.5, 0.6) is 5.75 Å². The molecule has 2 rings (SSSR count). The third-order valence-corrected chi connectivity index (χ3v) is 3.83. The minimum Gasteiger partial charge on any atom is -0.479 e. The van der Waals surface area contributed by atoms with Crippen LogP contribution >= 0.6 is 23.2 Å². The second-order valence-corrected chi connectivity index (χ2v) is 5.96. The number of carbonyl (C=O) groups excluding carboxylic acids is 1. The first-order valence-corrected chi connectivity index (χ1v) is 7.80. The smallest absolute Gasteiger partial charge is 0.261 e. The van der Waals surface area contributed by atoms with Crippen molar-refractivity contribution in [3.05, 3.63) is 63.9 Å². The molecule has 2 atom stereocenters. The van der Waals surface area contributed by atoms with Gasteiger partial charge in [-0.3, -0.25) is 4.79 Å². The van der Waals surface area contributed by atoms with Gasteiger partial charge < -0.3 is 10.1 Å². The zero-order valence-corrected chi connectivity index (χ0v) is 14.2. The van der Waals surface area contributed by atoms with Gasteiger partial charge in [-0.1, -0.05) is 35.3 Å². The molecule has 0 fully saturated rings. The van der Waals surface area contributed by atoms with Gasteiger partial charge in [0.25, 0.3) is 5.91 Å². The summed E-state index contributed by atoms with van der Waals surface area (Å²) in [5, 5.41) is 3.64. The first kappa shape index (κ1) is 17.6. The van der Waals surface area contributed by atoms with E-state index in [9.17, 15) is 9.18 Å². The number of carbonyl (C=O) groups is 1. The fourth-order valence-corrected chi connectivity index (χ4v) is 2.43. The molecular weight excluding hydrogens is 340 g/mol. The lowest BCUT2D eigenvalue weighted by atomic mass is 10.1. The number of halogens is 3. The lowest BCUT2D eigenvalue weighted by molar-refractivity contribution is -0.127. The third kappa shape index (κ3) is 4.85. The van der Waals surface area contributed by atoms with Gasteiger partial charge in [-0.05, 0) is 49.7 Å². The minimum absolute atomic E-state index is 0.269. The van der Waals surface area contributed by atoms with E-state index in [4.69, 9.17) is 27.9 Å². The summed E-state index contributed by atoms with van der Waals surface area (Å²) >= 11 is 11.8. The van der Waals surface area contributed by atoms with Crippen LogP contribution in [-0.4, -0.2) is 12.0 Å². The topological polar surface area (TPSA) is 38.3 Å². The van der Waals surface area contributed by atoms with Crippen molar-refractivity contribution in [2.75, 3.05) is 0 Å². The Morgan fingerprint density at radius 2 is 1.78 bits per heavy atom. The molecule has 0 saturated heterocycles. The molecule has 0 aliphatic heterocycles. The van der Waals surface area contributed by atoms with E-state index in [1.165, 1.54) is 12.1 Å². The van der Waals surface area contributed by atoms with Crippen LogP contribution in [-0.2, 0) is 4.79 Å². The largest absolute Gasteiger partial charge is 0.479 e. The van der Waals surface area contributed by atoms with Crippen molar-refractivity contribution in [1.82, 2.24) is 5.32 Å². The van der Waals surface area contributed by atoms with Gasteiger partial charge in [-0.2, -0.15) is 0 Å². The Balaban J connectivity index is 1.98. The second-order valence-electron chi connectivity index (χ2n) is 5.12. The van der Waals surface area contributed by atoms with E-state index in [1.54, 1.807) is 37.3 Å². The molecule has 0 spiro atoms. The van der Waals surface area contributed by atoms with Crippen LogP contribution in [0.2, 0.25) is 10.0 Å². The van der Waals surface area contributed by atoms with E-state index in [-0.39, 0.29) is 17.8 Å².